The van der Waals surface area contributed by atoms with E-state index in [0.29, 0.717) is 0 Å². The lowest BCUT2D eigenvalue weighted by molar-refractivity contribution is 0.0438. The number of para-hydroxylation sites is 1. The first-order chi connectivity index (χ1) is 13.7. The number of carbonyl (C=O) groups excluding carboxylic acids is 1. The lowest BCUT2D eigenvalue weighted by Gasteiger charge is -2.26. The van der Waals surface area contributed by atoms with Gasteiger partial charge in [0.1, 0.15) is 11.4 Å². The summed E-state index contributed by atoms with van der Waals surface area (Å²) in [6.07, 6.45) is 2.73. The largest absolute Gasteiger partial charge is 0.505 e. The normalized spacial score (nSPS) is 19.9. The van der Waals surface area contributed by atoms with Crippen LogP contribution in [0.2, 0.25) is 0 Å². The number of anilines is 3. The van der Waals surface area contributed by atoms with E-state index in [2.05, 4.69) is 10.6 Å². The van der Waals surface area contributed by atoms with Gasteiger partial charge < -0.3 is 25.4 Å². The van der Waals surface area contributed by atoms with E-state index in [1.54, 1.807) is 26.2 Å². The fourth-order valence-corrected chi connectivity index (χ4v) is 3.61. The van der Waals surface area contributed by atoms with Crippen molar-refractivity contribution in [3.05, 3.63) is 44.2 Å². The van der Waals surface area contributed by atoms with Crippen LogP contribution in [0.5, 0.6) is 5.75 Å². The monoisotopic (exact) mass is 401 g/mol. The van der Waals surface area contributed by atoms with Crippen LogP contribution in [0, 0.1) is 0 Å². The average Bonchev–Trinajstić information content (AvgIpc) is 3.13. The summed E-state index contributed by atoms with van der Waals surface area (Å²) in [5.74, 6) is -0.641. The van der Waals surface area contributed by atoms with Crippen LogP contribution in [0.4, 0.5) is 17.1 Å². The highest BCUT2D eigenvalue weighted by molar-refractivity contribution is 5.99. The number of phenols is 1. The van der Waals surface area contributed by atoms with Crippen molar-refractivity contribution in [3.8, 4) is 5.75 Å². The van der Waals surface area contributed by atoms with Crippen molar-refractivity contribution in [3.63, 3.8) is 0 Å². The molecule has 3 N–H and O–H groups in total. The zero-order valence-electron chi connectivity index (χ0n) is 17.1. The van der Waals surface area contributed by atoms with E-state index in [1.165, 1.54) is 11.0 Å². The van der Waals surface area contributed by atoms with Gasteiger partial charge in [-0.3, -0.25) is 14.4 Å². The summed E-state index contributed by atoms with van der Waals surface area (Å²) in [6.45, 7) is 4.01. The first-order valence-electron chi connectivity index (χ1n) is 9.80. The molecule has 1 aliphatic rings. The molecular formula is C21H27N3O5. The van der Waals surface area contributed by atoms with E-state index in [-0.39, 0.29) is 52.5 Å². The molecule has 8 nitrogen and oxygen atoms in total. The smallest absolute Gasteiger partial charge is 0.257 e. The van der Waals surface area contributed by atoms with Crippen molar-refractivity contribution < 1.29 is 14.6 Å². The number of aromatic hydroxyl groups is 1. The van der Waals surface area contributed by atoms with Gasteiger partial charge in [0.2, 0.25) is 0 Å². The maximum absolute atomic E-state index is 12.2. The predicted octanol–water partition coefficient (Wildman–Crippen LogP) is 2.19. The molecule has 3 atom stereocenters. The maximum atomic E-state index is 12.2. The van der Waals surface area contributed by atoms with Gasteiger partial charge in [0.15, 0.2) is 5.75 Å². The van der Waals surface area contributed by atoms with Gasteiger partial charge in [-0.25, -0.2) is 0 Å². The Morgan fingerprint density at radius 3 is 2.52 bits per heavy atom. The molecule has 8 heteroatoms. The zero-order chi connectivity index (χ0) is 21.3. The molecule has 0 bridgehead atoms. The standard InChI is InChI=1S/C21H27N3O5/c1-5-13(15-10-9-11(2)29-15)22-16-17(20(27)19(16)26)23-14-8-6-7-12(18(14)25)21(28)24(3)4/h6-8,11,13,15,22-23,25H,5,9-10H2,1-4H3/t11?,13-,15?/m1/s1. The maximum Gasteiger partial charge on any atom is 0.257 e. The Balaban J connectivity index is 1.84. The number of nitrogens with zero attached hydrogens (tertiary/aromatic N) is 1. The van der Waals surface area contributed by atoms with Gasteiger partial charge in [0.05, 0.1) is 29.5 Å². The van der Waals surface area contributed by atoms with Crippen molar-refractivity contribution in [2.45, 2.75) is 51.4 Å². The summed E-state index contributed by atoms with van der Waals surface area (Å²) >= 11 is 0. The summed E-state index contributed by atoms with van der Waals surface area (Å²) < 4.78 is 5.90. The molecule has 1 aliphatic heterocycles. The number of amides is 1. The Bertz CT molecular complexity index is 977. The second kappa shape index (κ2) is 8.24. The molecule has 1 saturated heterocycles. The van der Waals surface area contributed by atoms with Crippen molar-refractivity contribution >= 4 is 23.0 Å². The Morgan fingerprint density at radius 2 is 1.93 bits per heavy atom. The number of hydrogen-bond donors (Lipinski definition) is 3. The number of hydrogen-bond acceptors (Lipinski definition) is 7. The van der Waals surface area contributed by atoms with E-state index in [4.69, 9.17) is 4.74 Å². The van der Waals surface area contributed by atoms with Crippen molar-refractivity contribution in [2.24, 2.45) is 0 Å². The lowest BCUT2D eigenvalue weighted by atomic mass is 10.0. The summed E-state index contributed by atoms with van der Waals surface area (Å²) in [5.41, 5.74) is -0.693. The van der Waals surface area contributed by atoms with Crippen LogP contribution in [0.25, 0.3) is 0 Å². The highest BCUT2D eigenvalue weighted by Gasteiger charge is 2.32. The van der Waals surface area contributed by atoms with E-state index in [9.17, 15) is 19.5 Å². The SMILES string of the molecule is CC[C@@H](Nc1c(Nc2cccc(C(=O)N(C)C)c2O)c(=O)c1=O)C1CCC(C)O1. The molecule has 29 heavy (non-hydrogen) atoms. The van der Waals surface area contributed by atoms with Gasteiger partial charge in [0.25, 0.3) is 16.8 Å². The van der Waals surface area contributed by atoms with Gasteiger partial charge >= 0.3 is 0 Å². The molecule has 156 valence electrons. The molecule has 1 heterocycles. The molecule has 0 saturated carbocycles. The first-order valence-corrected chi connectivity index (χ1v) is 9.80. The Morgan fingerprint density at radius 1 is 1.24 bits per heavy atom. The van der Waals surface area contributed by atoms with Gasteiger partial charge in [-0.2, -0.15) is 0 Å². The molecule has 1 fully saturated rings. The van der Waals surface area contributed by atoms with Gasteiger partial charge in [-0.15, -0.1) is 0 Å². The number of carbonyl (C=O) groups is 1. The predicted molar refractivity (Wildman–Crippen MR) is 112 cm³/mol. The van der Waals surface area contributed by atoms with Crippen molar-refractivity contribution in [1.29, 1.82) is 0 Å². The van der Waals surface area contributed by atoms with Crippen LogP contribution in [-0.4, -0.2) is 48.3 Å². The second-order valence-electron chi connectivity index (χ2n) is 7.66. The summed E-state index contributed by atoms with van der Waals surface area (Å²) in [4.78, 5) is 37.9. The highest BCUT2D eigenvalue weighted by Crippen LogP contribution is 2.33. The van der Waals surface area contributed by atoms with Gasteiger partial charge in [-0.1, -0.05) is 13.0 Å². The zero-order valence-corrected chi connectivity index (χ0v) is 17.1. The molecule has 0 aromatic heterocycles. The van der Waals surface area contributed by atoms with Crippen LogP contribution in [0.15, 0.2) is 27.8 Å². The first kappa shape index (κ1) is 20.9. The molecule has 3 rings (SSSR count). The molecule has 1 amide bonds. The van der Waals surface area contributed by atoms with Gasteiger partial charge in [0, 0.05) is 14.1 Å². The summed E-state index contributed by atoms with van der Waals surface area (Å²) in [5, 5.41) is 16.5. The molecule has 2 unspecified atom stereocenters. The van der Waals surface area contributed by atoms with E-state index >= 15 is 0 Å². The topological polar surface area (TPSA) is 108 Å². The minimum atomic E-state index is -0.660. The van der Waals surface area contributed by atoms with Crippen LogP contribution < -0.4 is 21.5 Å². The van der Waals surface area contributed by atoms with Crippen LogP contribution in [0.3, 0.4) is 0 Å². The number of phenolic OH excluding ortho intramolecular Hbond substituents is 1. The van der Waals surface area contributed by atoms with E-state index in [1.807, 2.05) is 13.8 Å². The molecule has 0 aliphatic carbocycles. The highest BCUT2D eigenvalue weighted by atomic mass is 16.5. The average molecular weight is 401 g/mol. The number of rotatable bonds is 7. The van der Waals surface area contributed by atoms with E-state index < -0.39 is 10.9 Å². The number of benzene rings is 1. The third-order valence-corrected chi connectivity index (χ3v) is 5.33. The Labute approximate surface area is 169 Å². The van der Waals surface area contributed by atoms with Crippen LogP contribution >= 0.6 is 0 Å². The minimum Gasteiger partial charge on any atom is -0.505 e. The molecule has 0 spiro atoms. The second-order valence-corrected chi connectivity index (χ2v) is 7.66. The minimum absolute atomic E-state index is 0.0262. The fraction of sp³-hybridized carbons (Fsp3) is 0.476. The third kappa shape index (κ3) is 3.98. The molecule has 2 aromatic carbocycles. The number of nitrogens with one attached hydrogen (secondary N) is 2. The number of ether oxygens (including phenoxy) is 1. The van der Waals surface area contributed by atoms with Gasteiger partial charge in [-0.05, 0) is 38.3 Å². The Kier molecular flexibility index (Phi) is 5.93. The summed E-state index contributed by atoms with van der Waals surface area (Å²) in [7, 11) is 3.16. The van der Waals surface area contributed by atoms with Crippen molar-refractivity contribution in [2.75, 3.05) is 24.7 Å². The third-order valence-electron chi connectivity index (χ3n) is 5.33. The van der Waals surface area contributed by atoms with Crippen molar-refractivity contribution in [1.82, 2.24) is 4.90 Å². The van der Waals surface area contributed by atoms with Crippen LogP contribution in [-0.2, 0) is 4.74 Å². The fourth-order valence-electron chi connectivity index (χ4n) is 3.61. The van der Waals surface area contributed by atoms with E-state index in [0.717, 1.165) is 19.3 Å². The molecule has 0 radical (unpaired) electrons. The summed E-state index contributed by atoms with van der Waals surface area (Å²) in [6, 6.07) is 4.54. The molecule has 2 aromatic rings. The quantitative estimate of drug-likeness (QED) is 0.482. The Hall–Kier alpha value is -2.87. The lowest BCUT2D eigenvalue weighted by Crippen LogP contribution is -2.42. The van der Waals surface area contributed by atoms with Crippen LogP contribution in [0.1, 0.15) is 43.5 Å². The molecular weight excluding hydrogens is 374 g/mol.